The third-order valence-corrected chi connectivity index (χ3v) is 4.83. The van der Waals surface area contributed by atoms with Gasteiger partial charge in [-0.2, -0.15) is 5.26 Å². The molecule has 7 nitrogen and oxygen atoms in total. The molecule has 0 bridgehead atoms. The van der Waals surface area contributed by atoms with Crippen molar-refractivity contribution in [3.05, 3.63) is 95.8 Å². The molecule has 166 valence electrons. The molecule has 33 heavy (non-hydrogen) atoms. The number of benzene rings is 2. The van der Waals surface area contributed by atoms with Gasteiger partial charge in [-0.05, 0) is 47.9 Å². The Labute approximate surface area is 193 Å². The summed E-state index contributed by atoms with van der Waals surface area (Å²) in [5, 5.41) is 31.3. The fourth-order valence-electron chi connectivity index (χ4n) is 3.19. The standard InChI is InChI=1S/C25H24BN3O4/c27-18-21(23-11-4-5-13-28-23)15-20-9-6-10-22(16-20)33-14-12-25(30)29-24(26(31)32)17-19-7-2-1-3-8-19/h1-11,13,15-16,24,31-32H,12,14,17H2,(H,29,30). The number of ether oxygens (including phenoxy) is 1. The molecule has 0 aliphatic carbocycles. The average Bonchev–Trinajstić information content (AvgIpc) is 2.83. The van der Waals surface area contributed by atoms with Gasteiger partial charge in [0.25, 0.3) is 0 Å². The maximum Gasteiger partial charge on any atom is 0.475 e. The van der Waals surface area contributed by atoms with Crippen LogP contribution < -0.4 is 10.1 Å². The van der Waals surface area contributed by atoms with E-state index in [1.54, 1.807) is 42.6 Å². The molecule has 0 saturated heterocycles. The number of hydrogen-bond donors (Lipinski definition) is 3. The largest absolute Gasteiger partial charge is 0.493 e. The summed E-state index contributed by atoms with van der Waals surface area (Å²) in [6, 6.07) is 24.0. The summed E-state index contributed by atoms with van der Waals surface area (Å²) >= 11 is 0. The van der Waals surface area contributed by atoms with Gasteiger partial charge in [0.2, 0.25) is 5.91 Å². The fraction of sp³-hybridized carbons (Fsp3) is 0.160. The predicted molar refractivity (Wildman–Crippen MR) is 127 cm³/mol. The molecule has 1 heterocycles. The summed E-state index contributed by atoms with van der Waals surface area (Å²) in [6.07, 6.45) is 3.70. The van der Waals surface area contributed by atoms with E-state index >= 15 is 0 Å². The zero-order valence-electron chi connectivity index (χ0n) is 18.0. The Hall–Kier alpha value is -3.93. The summed E-state index contributed by atoms with van der Waals surface area (Å²) in [7, 11) is -1.67. The van der Waals surface area contributed by atoms with Crippen molar-refractivity contribution in [3.63, 3.8) is 0 Å². The highest BCUT2D eigenvalue weighted by Crippen LogP contribution is 2.19. The van der Waals surface area contributed by atoms with Crippen LogP contribution in [0, 0.1) is 11.3 Å². The van der Waals surface area contributed by atoms with E-state index in [0.29, 0.717) is 23.4 Å². The number of hydrogen-bond acceptors (Lipinski definition) is 6. The number of aromatic nitrogens is 1. The summed E-state index contributed by atoms with van der Waals surface area (Å²) in [5.74, 6) is -0.607. The Morgan fingerprint density at radius 3 is 2.61 bits per heavy atom. The summed E-state index contributed by atoms with van der Waals surface area (Å²) in [6.45, 7) is 0.115. The number of pyridine rings is 1. The zero-order chi connectivity index (χ0) is 23.5. The molecule has 3 N–H and O–H groups in total. The van der Waals surface area contributed by atoms with Gasteiger partial charge >= 0.3 is 7.12 Å². The molecule has 2 aromatic carbocycles. The number of allylic oxidation sites excluding steroid dienone is 1. The molecule has 0 spiro atoms. The lowest BCUT2D eigenvalue weighted by atomic mass is 9.76. The quantitative estimate of drug-likeness (QED) is 0.329. The molecule has 0 radical (unpaired) electrons. The highest BCUT2D eigenvalue weighted by atomic mass is 16.5. The highest BCUT2D eigenvalue weighted by molar-refractivity contribution is 6.43. The number of nitriles is 1. The van der Waals surface area contributed by atoms with Gasteiger partial charge in [-0.1, -0.05) is 48.5 Å². The van der Waals surface area contributed by atoms with Crippen molar-refractivity contribution in [3.8, 4) is 11.8 Å². The fourth-order valence-corrected chi connectivity index (χ4v) is 3.19. The van der Waals surface area contributed by atoms with Crippen molar-refractivity contribution in [2.75, 3.05) is 6.61 Å². The molecule has 0 aliphatic rings. The van der Waals surface area contributed by atoms with Gasteiger partial charge in [-0.3, -0.25) is 9.78 Å². The lowest BCUT2D eigenvalue weighted by Crippen LogP contribution is -2.48. The van der Waals surface area contributed by atoms with E-state index in [-0.39, 0.29) is 18.9 Å². The average molecular weight is 441 g/mol. The van der Waals surface area contributed by atoms with Crippen LogP contribution in [0.1, 0.15) is 23.2 Å². The second kappa shape index (κ2) is 12.2. The highest BCUT2D eigenvalue weighted by Gasteiger charge is 2.25. The van der Waals surface area contributed by atoms with E-state index in [1.165, 1.54) is 0 Å². The third kappa shape index (κ3) is 7.61. The normalized spacial score (nSPS) is 11.8. The number of nitrogens with one attached hydrogen (secondary N) is 1. The molecule has 1 unspecified atom stereocenters. The number of amides is 1. The van der Waals surface area contributed by atoms with Crippen molar-refractivity contribution < 1.29 is 19.6 Å². The Bertz CT molecular complexity index is 1120. The molecule has 1 aromatic heterocycles. The van der Waals surface area contributed by atoms with Gasteiger partial charge in [0.1, 0.15) is 11.8 Å². The number of carbonyl (C=O) groups is 1. The van der Waals surface area contributed by atoms with Crippen molar-refractivity contribution in [1.29, 1.82) is 5.26 Å². The third-order valence-electron chi connectivity index (χ3n) is 4.83. The van der Waals surface area contributed by atoms with Crippen molar-refractivity contribution >= 4 is 24.7 Å². The zero-order valence-corrected chi connectivity index (χ0v) is 18.0. The van der Waals surface area contributed by atoms with E-state index in [4.69, 9.17) is 4.74 Å². The molecule has 1 amide bonds. The van der Waals surface area contributed by atoms with Crippen LogP contribution in [0.15, 0.2) is 79.0 Å². The molecule has 0 fully saturated rings. The van der Waals surface area contributed by atoms with Gasteiger partial charge in [0.15, 0.2) is 0 Å². The second-order valence-electron chi connectivity index (χ2n) is 7.33. The first-order valence-electron chi connectivity index (χ1n) is 10.5. The number of nitrogens with zero attached hydrogens (tertiary/aromatic N) is 2. The minimum Gasteiger partial charge on any atom is -0.493 e. The minimum atomic E-state index is -1.67. The Kier molecular flexibility index (Phi) is 8.77. The lowest BCUT2D eigenvalue weighted by Gasteiger charge is -2.18. The smallest absolute Gasteiger partial charge is 0.475 e. The Morgan fingerprint density at radius 2 is 1.91 bits per heavy atom. The van der Waals surface area contributed by atoms with Crippen LogP contribution in [0.2, 0.25) is 0 Å². The summed E-state index contributed by atoms with van der Waals surface area (Å²) < 4.78 is 5.68. The summed E-state index contributed by atoms with van der Waals surface area (Å²) in [4.78, 5) is 16.5. The maximum atomic E-state index is 12.3. The molecule has 1 atom stereocenters. The van der Waals surface area contributed by atoms with E-state index in [2.05, 4.69) is 16.4 Å². The van der Waals surface area contributed by atoms with E-state index in [0.717, 1.165) is 11.1 Å². The van der Waals surface area contributed by atoms with Crippen LogP contribution in [0.5, 0.6) is 5.75 Å². The Morgan fingerprint density at radius 1 is 1.12 bits per heavy atom. The van der Waals surface area contributed by atoms with Crippen LogP contribution in [0.25, 0.3) is 11.6 Å². The molecular weight excluding hydrogens is 417 g/mol. The molecular formula is C25H24BN3O4. The molecule has 0 saturated carbocycles. The first-order valence-corrected chi connectivity index (χ1v) is 10.5. The van der Waals surface area contributed by atoms with Crippen LogP contribution >= 0.6 is 0 Å². The molecule has 3 rings (SSSR count). The van der Waals surface area contributed by atoms with E-state index in [1.807, 2.05) is 42.5 Å². The first kappa shape index (κ1) is 23.7. The van der Waals surface area contributed by atoms with Gasteiger partial charge < -0.3 is 20.1 Å². The SMILES string of the molecule is N#CC(=Cc1cccc(OCCC(=O)NC(Cc2ccccc2)B(O)O)c1)c1ccccn1. The van der Waals surface area contributed by atoms with Crippen LogP contribution in [-0.2, 0) is 11.2 Å². The maximum absolute atomic E-state index is 12.3. The van der Waals surface area contributed by atoms with E-state index < -0.39 is 13.1 Å². The molecule has 0 aliphatic heterocycles. The van der Waals surface area contributed by atoms with Gasteiger partial charge in [0.05, 0.1) is 30.2 Å². The van der Waals surface area contributed by atoms with Crippen molar-refractivity contribution in [2.24, 2.45) is 0 Å². The second-order valence-corrected chi connectivity index (χ2v) is 7.33. The first-order chi connectivity index (χ1) is 16.0. The lowest BCUT2D eigenvalue weighted by molar-refractivity contribution is -0.122. The number of rotatable bonds is 10. The van der Waals surface area contributed by atoms with E-state index in [9.17, 15) is 20.1 Å². The van der Waals surface area contributed by atoms with Crippen molar-refractivity contribution in [2.45, 2.75) is 18.8 Å². The summed E-state index contributed by atoms with van der Waals surface area (Å²) in [5.41, 5.74) is 2.67. The van der Waals surface area contributed by atoms with Crippen molar-refractivity contribution in [1.82, 2.24) is 10.3 Å². The topological polar surface area (TPSA) is 115 Å². The molecule has 3 aromatic rings. The van der Waals surface area contributed by atoms with Gasteiger partial charge in [-0.25, -0.2) is 0 Å². The predicted octanol–water partition coefficient (Wildman–Crippen LogP) is 2.65. The van der Waals surface area contributed by atoms with Gasteiger partial charge in [0, 0.05) is 6.20 Å². The monoisotopic (exact) mass is 441 g/mol. The van der Waals surface area contributed by atoms with Crippen LogP contribution in [-0.4, -0.2) is 40.6 Å². The van der Waals surface area contributed by atoms with Crippen LogP contribution in [0.4, 0.5) is 0 Å². The molecule has 8 heteroatoms. The number of carbonyl (C=O) groups excluding carboxylic acids is 1. The van der Waals surface area contributed by atoms with Crippen LogP contribution in [0.3, 0.4) is 0 Å². The van der Waals surface area contributed by atoms with Gasteiger partial charge in [-0.15, -0.1) is 0 Å². The Balaban J connectivity index is 1.54. The minimum absolute atomic E-state index is 0.0510.